The summed E-state index contributed by atoms with van der Waals surface area (Å²) in [6.45, 7) is 3.75. The number of methoxy groups -OCH3 is 1. The normalized spacial score (nSPS) is 15.5. The highest BCUT2D eigenvalue weighted by molar-refractivity contribution is 7.92. The number of nitrogens with zero attached hydrogens (tertiary/aromatic N) is 1. The molecule has 7 heteroatoms. The maximum absolute atomic E-state index is 13.2. The van der Waals surface area contributed by atoms with Gasteiger partial charge in [0.2, 0.25) is 15.9 Å². The first kappa shape index (κ1) is 23.1. The summed E-state index contributed by atoms with van der Waals surface area (Å²) in [5.74, 6) is 0.213. The minimum absolute atomic E-state index is 0.222. The average Bonchev–Trinajstić information content (AvgIpc) is 2.75. The Kier molecular flexibility index (Phi) is 7.26. The van der Waals surface area contributed by atoms with E-state index in [0.29, 0.717) is 17.9 Å². The standard InChI is InChI=1S/C24H32N2O4S/c1-5-23(26(31(4,28)29)21-11-8-12-22(16-21)30-3)24(27)25-17(2)19-14-13-18-9-6-7-10-20(18)15-19/h8,11-17,23H,5-7,9-10H2,1-4H3,(H,25,27)/t17-,23-/m1/s1. The minimum atomic E-state index is -3.69. The molecule has 31 heavy (non-hydrogen) atoms. The quantitative estimate of drug-likeness (QED) is 0.668. The van der Waals surface area contributed by atoms with E-state index in [4.69, 9.17) is 4.74 Å². The molecule has 6 nitrogen and oxygen atoms in total. The summed E-state index contributed by atoms with van der Waals surface area (Å²) in [6, 6.07) is 12.1. The molecule has 0 heterocycles. The van der Waals surface area contributed by atoms with Crippen molar-refractivity contribution in [1.29, 1.82) is 0 Å². The number of hydrogen-bond acceptors (Lipinski definition) is 4. The first-order valence-corrected chi connectivity index (χ1v) is 12.6. The molecule has 0 aromatic heterocycles. The molecule has 0 saturated heterocycles. The van der Waals surface area contributed by atoms with Crippen LogP contribution in [0.3, 0.4) is 0 Å². The van der Waals surface area contributed by atoms with E-state index in [1.165, 1.54) is 35.4 Å². The van der Waals surface area contributed by atoms with Crippen molar-refractivity contribution in [3.05, 3.63) is 59.2 Å². The van der Waals surface area contributed by atoms with Crippen LogP contribution in [-0.2, 0) is 27.7 Å². The number of anilines is 1. The number of aryl methyl sites for hydroxylation is 2. The number of benzene rings is 2. The SMILES string of the molecule is CC[C@H](C(=O)N[C@H](C)c1ccc2c(c1)CCCC2)N(c1cccc(OC)c1)S(C)(=O)=O. The molecule has 0 saturated carbocycles. The molecule has 0 bridgehead atoms. The van der Waals surface area contributed by atoms with Gasteiger partial charge >= 0.3 is 0 Å². The zero-order chi connectivity index (χ0) is 22.6. The Morgan fingerprint density at radius 3 is 2.48 bits per heavy atom. The summed E-state index contributed by atoms with van der Waals surface area (Å²) >= 11 is 0. The molecule has 0 aliphatic heterocycles. The smallest absolute Gasteiger partial charge is 0.244 e. The van der Waals surface area contributed by atoms with Crippen LogP contribution in [0.2, 0.25) is 0 Å². The van der Waals surface area contributed by atoms with Crippen LogP contribution in [0, 0.1) is 0 Å². The van der Waals surface area contributed by atoms with Crippen LogP contribution in [0.1, 0.15) is 55.8 Å². The maximum atomic E-state index is 13.2. The van der Waals surface area contributed by atoms with Gasteiger partial charge in [0, 0.05) is 6.07 Å². The van der Waals surface area contributed by atoms with Gasteiger partial charge in [0.25, 0.3) is 0 Å². The number of amides is 1. The molecule has 1 amide bonds. The molecule has 3 rings (SSSR count). The number of hydrogen-bond donors (Lipinski definition) is 1. The van der Waals surface area contributed by atoms with Crippen molar-refractivity contribution >= 4 is 21.6 Å². The Morgan fingerprint density at radius 2 is 1.84 bits per heavy atom. The van der Waals surface area contributed by atoms with Crippen molar-refractivity contribution in [3.8, 4) is 5.75 Å². The highest BCUT2D eigenvalue weighted by Gasteiger charge is 2.32. The van der Waals surface area contributed by atoms with E-state index in [2.05, 4.69) is 23.5 Å². The lowest BCUT2D eigenvalue weighted by Gasteiger charge is -2.31. The van der Waals surface area contributed by atoms with Crippen molar-refractivity contribution in [1.82, 2.24) is 5.32 Å². The van der Waals surface area contributed by atoms with Crippen LogP contribution in [-0.4, -0.2) is 33.7 Å². The number of sulfonamides is 1. The molecule has 2 atom stereocenters. The van der Waals surface area contributed by atoms with Crippen molar-refractivity contribution < 1.29 is 17.9 Å². The Labute approximate surface area is 185 Å². The minimum Gasteiger partial charge on any atom is -0.497 e. The van der Waals surface area contributed by atoms with E-state index in [1.807, 2.05) is 13.8 Å². The second-order valence-corrected chi connectivity index (χ2v) is 10.0. The van der Waals surface area contributed by atoms with Gasteiger partial charge in [-0.1, -0.05) is 31.2 Å². The average molecular weight is 445 g/mol. The maximum Gasteiger partial charge on any atom is 0.244 e. The summed E-state index contributed by atoms with van der Waals surface area (Å²) in [5.41, 5.74) is 4.19. The Hall–Kier alpha value is -2.54. The molecule has 2 aromatic rings. The van der Waals surface area contributed by atoms with Gasteiger partial charge in [-0.15, -0.1) is 0 Å². The van der Waals surface area contributed by atoms with Crippen LogP contribution < -0.4 is 14.4 Å². The van der Waals surface area contributed by atoms with E-state index in [9.17, 15) is 13.2 Å². The molecule has 168 valence electrons. The molecule has 2 aromatic carbocycles. The van der Waals surface area contributed by atoms with Gasteiger partial charge in [-0.3, -0.25) is 9.10 Å². The van der Waals surface area contributed by atoms with Gasteiger partial charge in [-0.25, -0.2) is 8.42 Å². The number of fused-ring (bicyclic) bond motifs is 1. The number of ether oxygens (including phenoxy) is 1. The van der Waals surface area contributed by atoms with Gasteiger partial charge in [-0.05, 0) is 67.9 Å². The molecular formula is C24H32N2O4S. The number of carbonyl (C=O) groups is 1. The van der Waals surface area contributed by atoms with Gasteiger partial charge in [-0.2, -0.15) is 0 Å². The van der Waals surface area contributed by atoms with Gasteiger partial charge in [0.05, 0.1) is 25.1 Å². The summed E-state index contributed by atoms with van der Waals surface area (Å²) in [4.78, 5) is 13.2. The van der Waals surface area contributed by atoms with Gasteiger partial charge in [0.1, 0.15) is 11.8 Å². The molecule has 1 N–H and O–H groups in total. The van der Waals surface area contributed by atoms with Crippen LogP contribution in [0.4, 0.5) is 5.69 Å². The van der Waals surface area contributed by atoms with Gasteiger partial charge in [0.15, 0.2) is 0 Å². The zero-order valence-corrected chi connectivity index (χ0v) is 19.5. The summed E-state index contributed by atoms with van der Waals surface area (Å²) < 4.78 is 31.7. The van der Waals surface area contributed by atoms with Crippen LogP contribution in [0.15, 0.2) is 42.5 Å². The van der Waals surface area contributed by atoms with E-state index in [1.54, 1.807) is 24.3 Å². The second kappa shape index (κ2) is 9.73. The monoisotopic (exact) mass is 444 g/mol. The Bertz CT molecular complexity index is 1040. The molecule has 0 unspecified atom stereocenters. The molecular weight excluding hydrogens is 412 g/mol. The Balaban J connectivity index is 1.84. The Morgan fingerprint density at radius 1 is 1.13 bits per heavy atom. The third kappa shape index (κ3) is 5.39. The number of nitrogens with one attached hydrogen (secondary N) is 1. The lowest BCUT2D eigenvalue weighted by atomic mass is 9.89. The lowest BCUT2D eigenvalue weighted by molar-refractivity contribution is -0.122. The summed E-state index contributed by atoms with van der Waals surface area (Å²) in [5, 5.41) is 3.03. The number of carbonyl (C=O) groups excluding carboxylic acids is 1. The largest absolute Gasteiger partial charge is 0.497 e. The van der Waals surface area contributed by atoms with E-state index in [-0.39, 0.29) is 11.9 Å². The first-order valence-electron chi connectivity index (χ1n) is 10.8. The third-order valence-corrected chi connectivity index (χ3v) is 7.05. The molecule has 0 radical (unpaired) electrons. The fraction of sp³-hybridized carbons (Fsp3) is 0.458. The molecule has 1 aliphatic carbocycles. The topological polar surface area (TPSA) is 75.7 Å². The molecule has 0 spiro atoms. The fourth-order valence-corrected chi connectivity index (χ4v) is 5.43. The fourth-order valence-electron chi connectivity index (χ4n) is 4.22. The molecule has 1 aliphatic rings. The second-order valence-electron chi connectivity index (χ2n) is 8.15. The summed E-state index contributed by atoms with van der Waals surface area (Å²) in [7, 11) is -2.17. The third-order valence-electron chi connectivity index (χ3n) is 5.87. The highest BCUT2D eigenvalue weighted by atomic mass is 32.2. The summed E-state index contributed by atoms with van der Waals surface area (Å²) in [6.07, 6.45) is 6.06. The highest BCUT2D eigenvalue weighted by Crippen LogP contribution is 2.28. The van der Waals surface area contributed by atoms with Crippen LogP contribution in [0.25, 0.3) is 0 Å². The van der Waals surface area contributed by atoms with Crippen molar-refractivity contribution in [2.45, 2.75) is 58.0 Å². The zero-order valence-electron chi connectivity index (χ0n) is 18.7. The predicted molar refractivity (Wildman–Crippen MR) is 124 cm³/mol. The van der Waals surface area contributed by atoms with Crippen molar-refractivity contribution in [2.24, 2.45) is 0 Å². The molecule has 0 fully saturated rings. The van der Waals surface area contributed by atoms with Crippen LogP contribution >= 0.6 is 0 Å². The van der Waals surface area contributed by atoms with E-state index >= 15 is 0 Å². The van der Waals surface area contributed by atoms with Gasteiger partial charge < -0.3 is 10.1 Å². The first-order chi connectivity index (χ1) is 14.7. The van der Waals surface area contributed by atoms with Crippen molar-refractivity contribution in [3.63, 3.8) is 0 Å². The number of rotatable bonds is 8. The lowest BCUT2D eigenvalue weighted by Crippen LogP contribution is -2.49. The van der Waals surface area contributed by atoms with Crippen molar-refractivity contribution in [2.75, 3.05) is 17.7 Å². The van der Waals surface area contributed by atoms with Crippen LogP contribution in [0.5, 0.6) is 5.75 Å². The predicted octanol–water partition coefficient (Wildman–Crippen LogP) is 4.00. The van der Waals surface area contributed by atoms with E-state index in [0.717, 1.165) is 24.7 Å². The van der Waals surface area contributed by atoms with E-state index < -0.39 is 16.1 Å².